The lowest BCUT2D eigenvalue weighted by atomic mass is 9.96. The predicted molar refractivity (Wildman–Crippen MR) is 166 cm³/mol. The summed E-state index contributed by atoms with van der Waals surface area (Å²) in [7, 11) is 0. The van der Waals surface area contributed by atoms with Crippen molar-refractivity contribution in [1.29, 1.82) is 0 Å². The number of fused-ring (bicyclic) bond motifs is 9. The highest BCUT2D eigenvalue weighted by Crippen LogP contribution is 2.44. The van der Waals surface area contributed by atoms with E-state index in [4.69, 9.17) is 0 Å². The maximum Gasteiger partial charge on any atom is 0.0455 e. The fraction of sp³-hybridized carbons (Fsp3) is 0.0625. The maximum absolute atomic E-state index is 2.36. The van der Waals surface area contributed by atoms with Crippen molar-refractivity contribution in [3.05, 3.63) is 94.7 Å². The van der Waals surface area contributed by atoms with Gasteiger partial charge in [-0.3, -0.25) is 0 Å². The molecule has 0 nitrogen and oxygen atoms in total. The summed E-state index contributed by atoms with van der Waals surface area (Å²) in [5.41, 5.74) is 0. The molecule has 0 unspecified atom stereocenters. The molecule has 4 heteroatoms. The fourth-order valence-electron chi connectivity index (χ4n) is 5.41. The second-order valence-electron chi connectivity index (χ2n) is 9.43. The van der Waals surface area contributed by atoms with Crippen molar-refractivity contribution in [3.8, 4) is 19.5 Å². The third kappa shape index (κ3) is 3.09. The molecule has 0 saturated carbocycles. The predicted octanol–water partition coefficient (Wildman–Crippen LogP) is 11.6. The molecule has 36 heavy (non-hydrogen) atoms. The summed E-state index contributed by atoms with van der Waals surface area (Å²) in [6, 6.07) is 32.3. The first-order valence-corrected chi connectivity index (χ1v) is 15.3. The normalized spacial score (nSPS) is 12.2. The Morgan fingerprint density at radius 2 is 0.750 bits per heavy atom. The first-order chi connectivity index (χ1) is 17.6. The van der Waals surface area contributed by atoms with Crippen LogP contribution >= 0.6 is 45.3 Å². The van der Waals surface area contributed by atoms with Crippen LogP contribution in [0.15, 0.2) is 84.9 Å². The second kappa shape index (κ2) is 7.74. The molecule has 4 aromatic heterocycles. The van der Waals surface area contributed by atoms with Crippen LogP contribution in [0.2, 0.25) is 0 Å². The van der Waals surface area contributed by atoms with Gasteiger partial charge in [-0.15, -0.1) is 45.3 Å². The number of benzene rings is 4. The zero-order valence-electron chi connectivity index (χ0n) is 19.7. The van der Waals surface area contributed by atoms with E-state index in [1.165, 1.54) is 81.8 Å². The van der Waals surface area contributed by atoms with Crippen LogP contribution in [0.3, 0.4) is 0 Å². The zero-order valence-corrected chi connectivity index (χ0v) is 23.0. The van der Waals surface area contributed by atoms with Crippen molar-refractivity contribution in [2.45, 2.75) is 13.8 Å². The van der Waals surface area contributed by atoms with E-state index in [-0.39, 0.29) is 0 Å². The lowest BCUT2D eigenvalue weighted by Crippen LogP contribution is -1.81. The smallest absolute Gasteiger partial charge is 0.0455 e. The summed E-state index contributed by atoms with van der Waals surface area (Å²) in [5, 5.41) is 10.8. The van der Waals surface area contributed by atoms with Crippen LogP contribution in [0.1, 0.15) is 9.75 Å². The van der Waals surface area contributed by atoms with E-state index >= 15 is 0 Å². The molecule has 0 aliphatic carbocycles. The number of thiophene rings is 4. The van der Waals surface area contributed by atoms with Crippen LogP contribution < -0.4 is 0 Å². The van der Waals surface area contributed by atoms with Crippen LogP contribution in [-0.4, -0.2) is 0 Å². The molecule has 0 amide bonds. The van der Waals surface area contributed by atoms with Gasteiger partial charge in [-0.05, 0) is 82.6 Å². The Balaban J connectivity index is 1.35. The van der Waals surface area contributed by atoms with E-state index in [9.17, 15) is 0 Å². The number of hydrogen-bond donors (Lipinski definition) is 0. The van der Waals surface area contributed by atoms with Gasteiger partial charge in [0.15, 0.2) is 0 Å². The van der Waals surface area contributed by atoms with Crippen LogP contribution in [0, 0.1) is 13.8 Å². The van der Waals surface area contributed by atoms with Crippen molar-refractivity contribution in [2.24, 2.45) is 0 Å². The molecule has 0 atom stereocenters. The van der Waals surface area contributed by atoms with Gasteiger partial charge >= 0.3 is 0 Å². The Bertz CT molecular complexity index is 1970. The van der Waals surface area contributed by atoms with Crippen molar-refractivity contribution >= 4 is 97.8 Å². The Morgan fingerprint density at radius 1 is 0.361 bits per heavy atom. The Hall–Kier alpha value is -3.02. The average molecular weight is 533 g/mol. The van der Waals surface area contributed by atoms with Gasteiger partial charge in [0, 0.05) is 49.4 Å². The lowest BCUT2D eigenvalue weighted by molar-refractivity contribution is 1.64. The van der Waals surface area contributed by atoms with Gasteiger partial charge in [0.2, 0.25) is 0 Å². The molecule has 4 aromatic carbocycles. The quantitative estimate of drug-likeness (QED) is 0.194. The van der Waals surface area contributed by atoms with Crippen molar-refractivity contribution in [1.82, 2.24) is 0 Å². The minimum absolute atomic E-state index is 1.34. The van der Waals surface area contributed by atoms with Crippen molar-refractivity contribution in [2.75, 3.05) is 0 Å². The monoisotopic (exact) mass is 532 g/mol. The van der Waals surface area contributed by atoms with Crippen LogP contribution in [0.25, 0.3) is 72.0 Å². The fourth-order valence-corrected chi connectivity index (χ4v) is 9.68. The molecule has 0 fully saturated rings. The van der Waals surface area contributed by atoms with Gasteiger partial charge in [0.05, 0.1) is 0 Å². The van der Waals surface area contributed by atoms with E-state index in [1.54, 1.807) is 0 Å². The molecule has 0 aliphatic heterocycles. The highest BCUT2D eigenvalue weighted by Gasteiger charge is 2.14. The molecular weight excluding hydrogens is 513 g/mol. The summed E-state index contributed by atoms with van der Waals surface area (Å²) in [6.07, 6.45) is 0. The van der Waals surface area contributed by atoms with Crippen LogP contribution in [-0.2, 0) is 0 Å². The Labute approximate surface area is 224 Å². The van der Waals surface area contributed by atoms with Gasteiger partial charge < -0.3 is 0 Å². The molecule has 0 bridgehead atoms. The highest BCUT2D eigenvalue weighted by atomic mass is 32.1. The van der Waals surface area contributed by atoms with Gasteiger partial charge in [0.25, 0.3) is 0 Å². The Kier molecular flexibility index (Phi) is 4.54. The number of hydrogen-bond acceptors (Lipinski definition) is 4. The number of aryl methyl sites for hydroxylation is 2. The van der Waals surface area contributed by atoms with Crippen molar-refractivity contribution in [3.63, 3.8) is 0 Å². The first-order valence-electron chi connectivity index (χ1n) is 12.0. The topological polar surface area (TPSA) is 0 Å². The molecule has 0 radical (unpaired) electrons. The molecule has 0 spiro atoms. The summed E-state index contributed by atoms with van der Waals surface area (Å²) >= 11 is 7.60. The molecule has 8 rings (SSSR count). The molecule has 8 aromatic rings. The standard InChI is InChI=1S/C32H20S4/c1-17-3-13-27(33-17)29-15-19-5-7-23-21-10-12-26-24(22(21)9-11-25(23)31(19)35-29)8-6-20-16-30(36-32(20)26)28-14-4-18(2)34-28/h3-16H,1-2H3. The molecule has 172 valence electrons. The van der Waals surface area contributed by atoms with Crippen LogP contribution in [0.4, 0.5) is 0 Å². The third-order valence-electron chi connectivity index (χ3n) is 7.12. The van der Waals surface area contributed by atoms with Gasteiger partial charge in [-0.2, -0.15) is 0 Å². The summed E-state index contributed by atoms with van der Waals surface area (Å²) < 4.78 is 2.78. The second-order valence-corrected chi connectivity index (χ2v) is 14.1. The first kappa shape index (κ1) is 21.1. The summed E-state index contributed by atoms with van der Waals surface area (Å²) in [6.45, 7) is 4.36. The average Bonchev–Trinajstić information content (AvgIpc) is 3.68. The van der Waals surface area contributed by atoms with Gasteiger partial charge in [0.1, 0.15) is 0 Å². The Morgan fingerprint density at radius 3 is 1.17 bits per heavy atom. The molecule has 0 aliphatic rings. The maximum atomic E-state index is 2.36. The van der Waals surface area contributed by atoms with E-state index < -0.39 is 0 Å². The third-order valence-corrected chi connectivity index (χ3v) is 11.9. The molecule has 0 N–H and O–H groups in total. The minimum atomic E-state index is 1.34. The van der Waals surface area contributed by atoms with E-state index in [0.29, 0.717) is 0 Å². The van der Waals surface area contributed by atoms with Crippen molar-refractivity contribution < 1.29 is 0 Å². The van der Waals surface area contributed by atoms with E-state index in [2.05, 4.69) is 98.8 Å². The summed E-state index contributed by atoms with van der Waals surface area (Å²) in [5.74, 6) is 0. The zero-order chi connectivity index (χ0) is 24.0. The number of rotatable bonds is 2. The van der Waals surface area contributed by atoms with Gasteiger partial charge in [-0.1, -0.05) is 48.5 Å². The molecule has 0 saturated heterocycles. The minimum Gasteiger partial charge on any atom is -0.140 e. The van der Waals surface area contributed by atoms with E-state index in [1.807, 2.05) is 45.3 Å². The highest BCUT2D eigenvalue weighted by molar-refractivity contribution is 7.27. The summed E-state index contributed by atoms with van der Waals surface area (Å²) in [4.78, 5) is 8.19. The lowest BCUT2D eigenvalue weighted by Gasteiger charge is -2.09. The molecule has 4 heterocycles. The largest absolute Gasteiger partial charge is 0.140 e. The molecular formula is C32H20S4. The SMILES string of the molecule is Cc1ccc(-c2cc3ccc4c5ccc6c(ccc7cc(-c8ccc(C)s8)sc76)c5ccc4c3s2)s1. The van der Waals surface area contributed by atoms with Gasteiger partial charge in [-0.25, -0.2) is 0 Å². The van der Waals surface area contributed by atoms with E-state index in [0.717, 1.165) is 0 Å². The van der Waals surface area contributed by atoms with Crippen LogP contribution in [0.5, 0.6) is 0 Å².